The molecule has 0 aliphatic heterocycles. The van der Waals surface area contributed by atoms with Gasteiger partial charge in [0.1, 0.15) is 5.82 Å². The highest BCUT2D eigenvalue weighted by molar-refractivity contribution is 9.10. The van der Waals surface area contributed by atoms with Crippen LogP contribution in [0, 0.1) is 23.6 Å². The quantitative estimate of drug-likeness (QED) is 0.808. The molecule has 1 N–H and O–H groups in total. The van der Waals surface area contributed by atoms with Crippen LogP contribution in [0.4, 0.5) is 4.39 Å². The standard InChI is InChI=1S/C15H23BrFN/c1-10(2)14(11(3)4)9-18-8-12-7-13(17)5-6-15(12)16/h5-7,10-11,14,18H,8-9H2,1-4H3. The van der Waals surface area contributed by atoms with Gasteiger partial charge in [0.15, 0.2) is 0 Å². The normalized spacial score (nSPS) is 11.8. The van der Waals surface area contributed by atoms with E-state index in [1.54, 1.807) is 12.1 Å². The molecule has 0 fully saturated rings. The van der Waals surface area contributed by atoms with E-state index in [4.69, 9.17) is 0 Å². The molecule has 102 valence electrons. The average Bonchev–Trinajstić information content (AvgIpc) is 2.27. The van der Waals surface area contributed by atoms with Gasteiger partial charge in [-0.1, -0.05) is 43.6 Å². The molecule has 0 bridgehead atoms. The summed E-state index contributed by atoms with van der Waals surface area (Å²) in [5.41, 5.74) is 0.973. The van der Waals surface area contributed by atoms with E-state index < -0.39 is 0 Å². The molecular formula is C15H23BrFN. The van der Waals surface area contributed by atoms with E-state index in [2.05, 4.69) is 48.9 Å². The molecule has 0 aromatic heterocycles. The molecule has 0 unspecified atom stereocenters. The number of benzene rings is 1. The fraction of sp³-hybridized carbons (Fsp3) is 0.600. The molecule has 18 heavy (non-hydrogen) atoms. The van der Waals surface area contributed by atoms with Gasteiger partial charge in [-0.25, -0.2) is 4.39 Å². The van der Waals surface area contributed by atoms with Crippen molar-refractivity contribution in [2.75, 3.05) is 6.54 Å². The van der Waals surface area contributed by atoms with Gasteiger partial charge in [0, 0.05) is 11.0 Å². The molecule has 1 aromatic rings. The minimum Gasteiger partial charge on any atom is -0.312 e. The van der Waals surface area contributed by atoms with E-state index in [1.165, 1.54) is 6.07 Å². The number of hydrogen-bond acceptors (Lipinski definition) is 1. The first-order chi connectivity index (χ1) is 8.41. The van der Waals surface area contributed by atoms with E-state index in [1.807, 2.05) is 0 Å². The van der Waals surface area contributed by atoms with Crippen LogP contribution in [0.5, 0.6) is 0 Å². The first kappa shape index (κ1) is 15.6. The molecule has 1 aromatic carbocycles. The first-order valence-electron chi connectivity index (χ1n) is 6.56. The van der Waals surface area contributed by atoms with Crippen LogP contribution in [-0.2, 0) is 6.54 Å². The monoisotopic (exact) mass is 315 g/mol. The fourth-order valence-corrected chi connectivity index (χ4v) is 2.68. The average molecular weight is 316 g/mol. The number of rotatable bonds is 6. The van der Waals surface area contributed by atoms with E-state index in [-0.39, 0.29) is 5.82 Å². The van der Waals surface area contributed by atoms with Gasteiger partial charge < -0.3 is 5.32 Å². The maximum atomic E-state index is 13.1. The second-order valence-corrected chi connectivity index (χ2v) is 6.37. The minimum absolute atomic E-state index is 0.181. The van der Waals surface area contributed by atoms with Crippen LogP contribution >= 0.6 is 15.9 Å². The zero-order valence-electron chi connectivity index (χ0n) is 11.6. The second kappa shape index (κ2) is 7.25. The Morgan fingerprint density at radius 3 is 2.33 bits per heavy atom. The molecule has 0 amide bonds. The highest BCUT2D eigenvalue weighted by Gasteiger charge is 2.16. The number of halogens is 2. The maximum Gasteiger partial charge on any atom is 0.123 e. The van der Waals surface area contributed by atoms with E-state index >= 15 is 0 Å². The van der Waals surface area contributed by atoms with E-state index in [0.717, 1.165) is 16.6 Å². The topological polar surface area (TPSA) is 12.0 Å². The summed E-state index contributed by atoms with van der Waals surface area (Å²) in [5, 5.41) is 3.44. The summed E-state index contributed by atoms with van der Waals surface area (Å²) in [5.74, 6) is 1.79. The van der Waals surface area contributed by atoms with Crippen LogP contribution in [-0.4, -0.2) is 6.54 Å². The lowest BCUT2D eigenvalue weighted by Gasteiger charge is -2.25. The van der Waals surface area contributed by atoms with Crippen molar-refractivity contribution < 1.29 is 4.39 Å². The Hall–Kier alpha value is -0.410. The SMILES string of the molecule is CC(C)C(CNCc1cc(F)ccc1Br)C(C)C. The molecular weight excluding hydrogens is 293 g/mol. The summed E-state index contributed by atoms with van der Waals surface area (Å²) in [7, 11) is 0. The third-order valence-corrected chi connectivity index (χ3v) is 4.19. The van der Waals surface area contributed by atoms with Crippen LogP contribution in [0.3, 0.4) is 0 Å². The largest absolute Gasteiger partial charge is 0.312 e. The predicted octanol–water partition coefficient (Wildman–Crippen LogP) is 4.61. The van der Waals surface area contributed by atoms with Gasteiger partial charge in [0.05, 0.1) is 0 Å². The van der Waals surface area contributed by atoms with Crippen molar-refractivity contribution in [3.05, 3.63) is 34.1 Å². The number of nitrogens with one attached hydrogen (secondary N) is 1. The highest BCUT2D eigenvalue weighted by atomic mass is 79.9. The fourth-order valence-electron chi connectivity index (χ4n) is 2.29. The van der Waals surface area contributed by atoms with Crippen LogP contribution in [0.25, 0.3) is 0 Å². The molecule has 0 aliphatic carbocycles. The van der Waals surface area contributed by atoms with Crippen LogP contribution in [0.2, 0.25) is 0 Å². The smallest absolute Gasteiger partial charge is 0.123 e. The van der Waals surface area contributed by atoms with Gasteiger partial charge in [0.25, 0.3) is 0 Å². The second-order valence-electron chi connectivity index (χ2n) is 5.52. The molecule has 1 nitrogen and oxygen atoms in total. The molecule has 0 heterocycles. The van der Waals surface area contributed by atoms with Gasteiger partial charge in [-0.15, -0.1) is 0 Å². The van der Waals surface area contributed by atoms with Crippen LogP contribution in [0.1, 0.15) is 33.3 Å². The zero-order chi connectivity index (χ0) is 13.7. The Balaban J connectivity index is 2.52. The summed E-state index contributed by atoms with van der Waals surface area (Å²) >= 11 is 3.45. The Labute approximate surface area is 118 Å². The lowest BCUT2D eigenvalue weighted by molar-refractivity contribution is 0.275. The zero-order valence-corrected chi connectivity index (χ0v) is 13.2. The minimum atomic E-state index is -0.181. The molecule has 0 spiro atoms. The molecule has 3 heteroatoms. The molecule has 0 saturated heterocycles. The van der Waals surface area contributed by atoms with Gasteiger partial charge in [-0.2, -0.15) is 0 Å². The van der Waals surface area contributed by atoms with Crippen molar-refractivity contribution in [1.82, 2.24) is 5.32 Å². The van der Waals surface area contributed by atoms with Crippen molar-refractivity contribution in [2.24, 2.45) is 17.8 Å². The Bertz CT molecular complexity index is 369. The molecule has 0 aliphatic rings. The summed E-state index contributed by atoms with van der Waals surface area (Å²) in [6, 6.07) is 4.81. The third kappa shape index (κ3) is 4.69. The Kier molecular flexibility index (Phi) is 6.30. The van der Waals surface area contributed by atoms with Crippen molar-refractivity contribution in [3.63, 3.8) is 0 Å². The lowest BCUT2D eigenvalue weighted by atomic mass is 9.85. The van der Waals surface area contributed by atoms with Gasteiger partial charge in [0.2, 0.25) is 0 Å². The summed E-state index contributed by atoms with van der Waals surface area (Å²) in [4.78, 5) is 0. The van der Waals surface area contributed by atoms with Crippen molar-refractivity contribution >= 4 is 15.9 Å². The van der Waals surface area contributed by atoms with E-state index in [9.17, 15) is 4.39 Å². The Morgan fingerprint density at radius 2 is 1.78 bits per heavy atom. The lowest BCUT2D eigenvalue weighted by Crippen LogP contribution is -2.29. The Morgan fingerprint density at radius 1 is 1.17 bits per heavy atom. The molecule has 1 rings (SSSR count). The van der Waals surface area contributed by atoms with Gasteiger partial charge in [-0.3, -0.25) is 0 Å². The first-order valence-corrected chi connectivity index (χ1v) is 7.35. The van der Waals surface area contributed by atoms with Crippen molar-refractivity contribution in [3.8, 4) is 0 Å². The third-order valence-electron chi connectivity index (χ3n) is 3.42. The van der Waals surface area contributed by atoms with Gasteiger partial charge in [-0.05, 0) is 48.1 Å². The predicted molar refractivity (Wildman–Crippen MR) is 79.0 cm³/mol. The summed E-state index contributed by atoms with van der Waals surface area (Å²) in [6.45, 7) is 10.7. The van der Waals surface area contributed by atoms with Crippen molar-refractivity contribution in [1.29, 1.82) is 0 Å². The van der Waals surface area contributed by atoms with Gasteiger partial charge >= 0.3 is 0 Å². The molecule has 0 atom stereocenters. The van der Waals surface area contributed by atoms with Crippen molar-refractivity contribution in [2.45, 2.75) is 34.2 Å². The number of hydrogen-bond donors (Lipinski definition) is 1. The van der Waals surface area contributed by atoms with E-state index in [0.29, 0.717) is 24.3 Å². The molecule has 0 radical (unpaired) electrons. The highest BCUT2D eigenvalue weighted by Crippen LogP contribution is 2.21. The summed E-state index contributed by atoms with van der Waals surface area (Å²) in [6.07, 6.45) is 0. The maximum absolute atomic E-state index is 13.1. The summed E-state index contributed by atoms with van der Waals surface area (Å²) < 4.78 is 14.1. The van der Waals surface area contributed by atoms with Crippen LogP contribution in [0.15, 0.2) is 22.7 Å². The van der Waals surface area contributed by atoms with Crippen LogP contribution < -0.4 is 5.32 Å². The molecule has 0 saturated carbocycles.